The van der Waals surface area contributed by atoms with Crippen molar-refractivity contribution in [1.29, 1.82) is 0 Å². The van der Waals surface area contributed by atoms with Gasteiger partial charge in [-0.1, -0.05) is 20.3 Å². The molecule has 2 heteroatoms. The quantitative estimate of drug-likeness (QED) is 0.692. The molecule has 0 radical (unpaired) electrons. The first-order valence-corrected chi connectivity index (χ1v) is 5.12. The summed E-state index contributed by atoms with van der Waals surface area (Å²) in [5, 5.41) is 9.30. The Labute approximate surface area is 75.6 Å². The summed E-state index contributed by atoms with van der Waals surface area (Å²) in [4.78, 5) is 2.38. The Morgan fingerprint density at radius 1 is 1.58 bits per heavy atom. The lowest BCUT2D eigenvalue weighted by Crippen LogP contribution is -2.27. The van der Waals surface area contributed by atoms with Crippen LogP contribution in [-0.4, -0.2) is 35.7 Å². The van der Waals surface area contributed by atoms with Crippen LogP contribution >= 0.6 is 0 Å². The van der Waals surface area contributed by atoms with Crippen molar-refractivity contribution in [1.82, 2.24) is 4.90 Å². The maximum absolute atomic E-state index is 9.30. The van der Waals surface area contributed by atoms with Gasteiger partial charge in [-0.25, -0.2) is 0 Å². The zero-order valence-corrected chi connectivity index (χ0v) is 8.29. The minimum absolute atomic E-state index is 0.0566. The van der Waals surface area contributed by atoms with Crippen LogP contribution in [0.15, 0.2) is 0 Å². The van der Waals surface area contributed by atoms with Crippen molar-refractivity contribution >= 4 is 0 Å². The Bertz CT molecular complexity index is 127. The second-order valence-corrected chi connectivity index (χ2v) is 4.10. The fourth-order valence-corrected chi connectivity index (χ4v) is 2.00. The molecule has 0 aromatic rings. The van der Waals surface area contributed by atoms with Gasteiger partial charge in [0, 0.05) is 19.6 Å². The molecular formula is C10H21NO. The summed E-state index contributed by atoms with van der Waals surface area (Å²) in [5.41, 5.74) is 0. The minimum Gasteiger partial charge on any atom is -0.392 e. The van der Waals surface area contributed by atoms with Crippen LogP contribution in [0.1, 0.15) is 33.1 Å². The van der Waals surface area contributed by atoms with E-state index in [2.05, 4.69) is 18.7 Å². The second-order valence-electron chi connectivity index (χ2n) is 4.10. The predicted molar refractivity (Wildman–Crippen MR) is 51.1 cm³/mol. The molecule has 0 aromatic heterocycles. The molecule has 0 aromatic carbocycles. The van der Waals surface area contributed by atoms with Gasteiger partial charge < -0.3 is 10.0 Å². The Hall–Kier alpha value is -0.0800. The number of aliphatic hydroxyl groups excluding tert-OH is 1. The molecule has 2 atom stereocenters. The van der Waals surface area contributed by atoms with Crippen molar-refractivity contribution in [3.05, 3.63) is 0 Å². The fraction of sp³-hybridized carbons (Fsp3) is 1.00. The predicted octanol–water partition coefficient (Wildman–Crippen LogP) is 1.49. The molecular weight excluding hydrogens is 150 g/mol. The van der Waals surface area contributed by atoms with Gasteiger partial charge in [-0.2, -0.15) is 0 Å². The largest absolute Gasteiger partial charge is 0.392 e. The van der Waals surface area contributed by atoms with E-state index in [1.165, 1.54) is 19.4 Å². The number of hydrogen-bond donors (Lipinski definition) is 1. The third-order valence-corrected chi connectivity index (χ3v) is 2.60. The SMILES string of the molecule is CCCC(C)CN1CC[C@@H](O)C1. The molecule has 1 rings (SSSR count). The van der Waals surface area contributed by atoms with E-state index in [0.717, 1.165) is 25.4 Å². The van der Waals surface area contributed by atoms with Crippen molar-refractivity contribution in [2.45, 2.75) is 39.2 Å². The van der Waals surface area contributed by atoms with Crippen molar-refractivity contribution in [3.8, 4) is 0 Å². The van der Waals surface area contributed by atoms with E-state index in [1.54, 1.807) is 0 Å². The summed E-state index contributed by atoms with van der Waals surface area (Å²) in [7, 11) is 0. The second kappa shape index (κ2) is 4.83. The molecule has 0 bridgehead atoms. The fourth-order valence-electron chi connectivity index (χ4n) is 2.00. The molecule has 1 aliphatic rings. The van der Waals surface area contributed by atoms with Gasteiger partial charge in [-0.3, -0.25) is 0 Å². The zero-order chi connectivity index (χ0) is 8.97. The first-order chi connectivity index (χ1) is 5.72. The molecule has 72 valence electrons. The van der Waals surface area contributed by atoms with Crippen LogP contribution in [0.3, 0.4) is 0 Å². The Kier molecular flexibility index (Phi) is 4.02. The van der Waals surface area contributed by atoms with Crippen LogP contribution in [0.2, 0.25) is 0 Å². The van der Waals surface area contributed by atoms with Crippen LogP contribution in [0, 0.1) is 5.92 Å². The number of rotatable bonds is 4. The van der Waals surface area contributed by atoms with E-state index >= 15 is 0 Å². The van der Waals surface area contributed by atoms with Gasteiger partial charge in [0.05, 0.1) is 6.10 Å². The number of likely N-dealkylation sites (tertiary alicyclic amines) is 1. The molecule has 0 saturated carbocycles. The number of β-amino-alcohol motifs (C(OH)–C–C–N with tert-alkyl or cyclic N) is 1. The van der Waals surface area contributed by atoms with Gasteiger partial charge in [0.1, 0.15) is 0 Å². The molecule has 0 amide bonds. The third kappa shape index (κ3) is 3.11. The van der Waals surface area contributed by atoms with Gasteiger partial charge in [0.15, 0.2) is 0 Å². The zero-order valence-electron chi connectivity index (χ0n) is 8.29. The molecule has 1 saturated heterocycles. The van der Waals surface area contributed by atoms with Gasteiger partial charge in [-0.05, 0) is 18.8 Å². The molecule has 2 nitrogen and oxygen atoms in total. The van der Waals surface area contributed by atoms with Crippen molar-refractivity contribution in [3.63, 3.8) is 0 Å². The molecule has 1 unspecified atom stereocenters. The highest BCUT2D eigenvalue weighted by Crippen LogP contribution is 2.13. The van der Waals surface area contributed by atoms with Crippen molar-refractivity contribution in [2.24, 2.45) is 5.92 Å². The first kappa shape index (κ1) is 10.0. The number of aliphatic hydroxyl groups is 1. The van der Waals surface area contributed by atoms with Gasteiger partial charge >= 0.3 is 0 Å². The molecule has 1 N–H and O–H groups in total. The highest BCUT2D eigenvalue weighted by atomic mass is 16.3. The van der Waals surface area contributed by atoms with E-state index in [0.29, 0.717) is 0 Å². The van der Waals surface area contributed by atoms with E-state index in [1.807, 2.05) is 0 Å². The van der Waals surface area contributed by atoms with Crippen LogP contribution in [0.4, 0.5) is 0 Å². The van der Waals surface area contributed by atoms with Crippen LogP contribution in [-0.2, 0) is 0 Å². The summed E-state index contributed by atoms with van der Waals surface area (Å²) in [6, 6.07) is 0. The topological polar surface area (TPSA) is 23.5 Å². The smallest absolute Gasteiger partial charge is 0.0679 e. The molecule has 0 spiro atoms. The molecule has 12 heavy (non-hydrogen) atoms. The molecule has 1 aliphatic heterocycles. The van der Waals surface area contributed by atoms with Crippen molar-refractivity contribution < 1.29 is 5.11 Å². The van der Waals surface area contributed by atoms with Gasteiger partial charge in [0.25, 0.3) is 0 Å². The standard InChI is InChI=1S/C10H21NO/c1-3-4-9(2)7-11-6-5-10(12)8-11/h9-10,12H,3-8H2,1-2H3/t9?,10-/m1/s1. The highest BCUT2D eigenvalue weighted by molar-refractivity contribution is 4.75. The third-order valence-electron chi connectivity index (χ3n) is 2.60. The van der Waals surface area contributed by atoms with Crippen LogP contribution in [0.5, 0.6) is 0 Å². The van der Waals surface area contributed by atoms with Crippen LogP contribution in [0.25, 0.3) is 0 Å². The van der Waals surface area contributed by atoms with Crippen molar-refractivity contribution in [2.75, 3.05) is 19.6 Å². The van der Waals surface area contributed by atoms with E-state index in [4.69, 9.17) is 0 Å². The Morgan fingerprint density at radius 3 is 2.83 bits per heavy atom. The summed E-state index contributed by atoms with van der Waals surface area (Å²) in [6.07, 6.45) is 3.50. The average molecular weight is 171 g/mol. The summed E-state index contributed by atoms with van der Waals surface area (Å²) < 4.78 is 0. The van der Waals surface area contributed by atoms with E-state index in [-0.39, 0.29) is 6.10 Å². The number of hydrogen-bond acceptors (Lipinski definition) is 2. The molecule has 1 fully saturated rings. The lowest BCUT2D eigenvalue weighted by Gasteiger charge is -2.19. The van der Waals surface area contributed by atoms with Crippen LogP contribution < -0.4 is 0 Å². The maximum atomic E-state index is 9.30. The minimum atomic E-state index is -0.0566. The monoisotopic (exact) mass is 171 g/mol. The average Bonchev–Trinajstić information content (AvgIpc) is 2.36. The normalized spacial score (nSPS) is 27.8. The summed E-state index contributed by atoms with van der Waals surface area (Å²) in [5.74, 6) is 0.792. The molecule has 1 heterocycles. The first-order valence-electron chi connectivity index (χ1n) is 5.12. The maximum Gasteiger partial charge on any atom is 0.0679 e. The van der Waals surface area contributed by atoms with Gasteiger partial charge in [0.2, 0.25) is 0 Å². The highest BCUT2D eigenvalue weighted by Gasteiger charge is 2.20. The number of nitrogens with zero attached hydrogens (tertiary/aromatic N) is 1. The summed E-state index contributed by atoms with van der Waals surface area (Å²) >= 11 is 0. The van der Waals surface area contributed by atoms with E-state index in [9.17, 15) is 5.11 Å². The van der Waals surface area contributed by atoms with Gasteiger partial charge in [-0.15, -0.1) is 0 Å². The summed E-state index contributed by atoms with van der Waals surface area (Å²) in [6.45, 7) is 7.69. The lowest BCUT2D eigenvalue weighted by atomic mass is 10.1. The molecule has 0 aliphatic carbocycles. The Balaban J connectivity index is 2.14. The lowest BCUT2D eigenvalue weighted by molar-refractivity contribution is 0.170. The van der Waals surface area contributed by atoms with E-state index < -0.39 is 0 Å². The Morgan fingerprint density at radius 2 is 2.33 bits per heavy atom.